The van der Waals surface area contributed by atoms with Gasteiger partial charge in [0.05, 0.1) is 11.4 Å². The van der Waals surface area contributed by atoms with Crippen LogP contribution in [0.4, 0.5) is 5.69 Å². The lowest BCUT2D eigenvalue weighted by atomic mass is 9.99. The number of rotatable bonds is 4. The number of aromatic amines is 1. The molecule has 1 aromatic carbocycles. The number of aromatic nitrogens is 2. The van der Waals surface area contributed by atoms with Crippen molar-refractivity contribution in [3.05, 3.63) is 92.3 Å². The Hall–Kier alpha value is -3.67. The Morgan fingerprint density at radius 3 is 2.69 bits per heavy atom. The number of anilines is 1. The third kappa shape index (κ3) is 3.45. The molecule has 0 amide bonds. The summed E-state index contributed by atoms with van der Waals surface area (Å²) in [5.74, 6) is 0.505. The predicted molar refractivity (Wildman–Crippen MR) is 114 cm³/mol. The number of H-pyrrole nitrogens is 1. The van der Waals surface area contributed by atoms with Crippen molar-refractivity contribution in [2.75, 3.05) is 5.32 Å². The smallest absolute Gasteiger partial charge is 0.271 e. The molecule has 6 nitrogen and oxygen atoms in total. The fraction of sp³-hybridized carbons (Fsp3) is 0.174. The van der Waals surface area contributed by atoms with Gasteiger partial charge in [0.15, 0.2) is 5.43 Å². The van der Waals surface area contributed by atoms with E-state index in [0.717, 1.165) is 16.7 Å². The highest BCUT2D eigenvalue weighted by atomic mass is 16.3. The highest BCUT2D eigenvalue weighted by Crippen LogP contribution is 2.31. The molecule has 3 aromatic heterocycles. The van der Waals surface area contributed by atoms with Crippen LogP contribution < -0.4 is 16.3 Å². The first-order valence-corrected chi connectivity index (χ1v) is 9.38. The van der Waals surface area contributed by atoms with Gasteiger partial charge < -0.3 is 14.7 Å². The number of nitrogens with zero attached hydrogens (tertiary/aromatic N) is 1. The second-order valence-corrected chi connectivity index (χ2v) is 7.14. The minimum Gasteiger partial charge on any atom is -0.455 e. The first-order valence-electron chi connectivity index (χ1n) is 9.38. The molecular weight excluding hydrogens is 366 g/mol. The van der Waals surface area contributed by atoms with E-state index in [1.165, 1.54) is 0 Å². The molecule has 146 valence electrons. The van der Waals surface area contributed by atoms with Crippen molar-refractivity contribution in [1.29, 1.82) is 0 Å². The summed E-state index contributed by atoms with van der Waals surface area (Å²) in [6, 6.07) is 10.7. The fourth-order valence-electron chi connectivity index (χ4n) is 3.51. The molecule has 0 bridgehead atoms. The lowest BCUT2D eigenvalue weighted by Gasteiger charge is -2.18. The van der Waals surface area contributed by atoms with Crippen molar-refractivity contribution >= 4 is 16.7 Å². The number of fused-ring (bicyclic) bond motifs is 1. The maximum atomic E-state index is 13.1. The Kier molecular flexibility index (Phi) is 4.76. The zero-order valence-corrected chi connectivity index (χ0v) is 16.4. The average Bonchev–Trinajstić information content (AvgIpc) is 2.72. The van der Waals surface area contributed by atoms with Gasteiger partial charge in [-0.2, -0.15) is 0 Å². The zero-order valence-electron chi connectivity index (χ0n) is 16.4. The van der Waals surface area contributed by atoms with Gasteiger partial charge in [0.2, 0.25) is 0 Å². The van der Waals surface area contributed by atoms with E-state index in [1.807, 2.05) is 32.0 Å². The van der Waals surface area contributed by atoms with Crippen LogP contribution in [0.25, 0.3) is 22.3 Å². The van der Waals surface area contributed by atoms with E-state index < -0.39 is 0 Å². The minimum atomic E-state index is -0.256. The number of hydrogen-bond donors (Lipinski definition) is 2. The van der Waals surface area contributed by atoms with Crippen molar-refractivity contribution in [2.24, 2.45) is 0 Å². The molecule has 0 saturated heterocycles. The number of pyridine rings is 2. The molecule has 2 N–H and O–H groups in total. The van der Waals surface area contributed by atoms with E-state index in [-0.39, 0.29) is 17.0 Å². The standard InChI is InChI=1S/C23H21N3O3/c1-13-10-17(15(3)26-19-7-5-9-25-23(19)28)22-18(11-13)20(27)14(2)21(29-22)16-6-4-8-24-12-16/h4-12,15,26H,1-3H3,(H,25,28). The summed E-state index contributed by atoms with van der Waals surface area (Å²) in [5, 5.41) is 3.75. The summed E-state index contributed by atoms with van der Waals surface area (Å²) >= 11 is 0. The molecule has 3 heterocycles. The van der Waals surface area contributed by atoms with Crippen molar-refractivity contribution in [3.63, 3.8) is 0 Å². The Bertz CT molecular complexity index is 1310. The van der Waals surface area contributed by atoms with E-state index in [4.69, 9.17) is 4.42 Å². The van der Waals surface area contributed by atoms with Gasteiger partial charge in [-0.05, 0) is 56.7 Å². The van der Waals surface area contributed by atoms with Crippen LogP contribution in [-0.4, -0.2) is 9.97 Å². The molecule has 6 heteroatoms. The lowest BCUT2D eigenvalue weighted by Crippen LogP contribution is -2.17. The molecule has 1 atom stereocenters. The molecule has 4 aromatic rings. The SMILES string of the molecule is Cc1cc(C(C)Nc2ccc[nH]c2=O)c2oc(-c3cccnc3)c(C)c(=O)c2c1. The highest BCUT2D eigenvalue weighted by molar-refractivity contribution is 5.84. The molecule has 0 radical (unpaired) electrons. The van der Waals surface area contributed by atoms with E-state index in [2.05, 4.69) is 15.3 Å². The molecule has 1 unspecified atom stereocenters. The van der Waals surface area contributed by atoms with Crippen LogP contribution in [0.2, 0.25) is 0 Å². The largest absolute Gasteiger partial charge is 0.455 e. The van der Waals surface area contributed by atoms with Crippen molar-refractivity contribution in [2.45, 2.75) is 26.8 Å². The first-order chi connectivity index (χ1) is 14.0. The van der Waals surface area contributed by atoms with E-state index in [9.17, 15) is 9.59 Å². The molecule has 0 spiro atoms. The van der Waals surface area contributed by atoms with Crippen molar-refractivity contribution in [1.82, 2.24) is 9.97 Å². The van der Waals surface area contributed by atoms with Gasteiger partial charge in [0.1, 0.15) is 17.0 Å². The third-order valence-electron chi connectivity index (χ3n) is 4.97. The van der Waals surface area contributed by atoms with Gasteiger partial charge in [-0.15, -0.1) is 0 Å². The van der Waals surface area contributed by atoms with Gasteiger partial charge in [-0.3, -0.25) is 14.6 Å². The minimum absolute atomic E-state index is 0.0696. The topological polar surface area (TPSA) is 88.0 Å². The summed E-state index contributed by atoms with van der Waals surface area (Å²) in [6.45, 7) is 5.64. The Morgan fingerprint density at radius 2 is 1.97 bits per heavy atom. The molecule has 0 aliphatic carbocycles. The van der Waals surface area contributed by atoms with Gasteiger partial charge in [0.25, 0.3) is 5.56 Å². The lowest BCUT2D eigenvalue weighted by molar-refractivity contribution is 0.605. The zero-order chi connectivity index (χ0) is 20.5. The number of nitrogens with one attached hydrogen (secondary N) is 2. The third-order valence-corrected chi connectivity index (χ3v) is 4.97. The number of hydrogen-bond acceptors (Lipinski definition) is 5. The second kappa shape index (κ2) is 7.39. The van der Waals surface area contributed by atoms with Crippen LogP contribution in [-0.2, 0) is 0 Å². The molecule has 4 rings (SSSR count). The van der Waals surface area contributed by atoms with Crippen LogP contribution in [0.1, 0.15) is 29.7 Å². The quantitative estimate of drug-likeness (QED) is 0.544. The maximum absolute atomic E-state index is 13.1. The molecule has 29 heavy (non-hydrogen) atoms. The van der Waals surface area contributed by atoms with Gasteiger partial charge in [-0.1, -0.05) is 6.07 Å². The number of benzene rings is 1. The summed E-state index contributed by atoms with van der Waals surface area (Å²) in [6.07, 6.45) is 4.94. The average molecular weight is 387 g/mol. The molecule has 0 aliphatic heterocycles. The van der Waals surface area contributed by atoms with Crippen molar-refractivity contribution < 1.29 is 4.42 Å². The first kappa shape index (κ1) is 18.7. The Balaban J connectivity index is 1.92. The van der Waals surface area contributed by atoms with E-state index >= 15 is 0 Å². The predicted octanol–water partition coefficient (Wildman–Crippen LogP) is 4.33. The molecule has 0 aliphatic rings. The van der Waals surface area contributed by atoms with Gasteiger partial charge in [0, 0.05) is 35.3 Å². The van der Waals surface area contributed by atoms with E-state index in [0.29, 0.717) is 28.0 Å². The summed E-state index contributed by atoms with van der Waals surface area (Å²) < 4.78 is 6.27. The van der Waals surface area contributed by atoms with Crippen molar-refractivity contribution in [3.8, 4) is 11.3 Å². The summed E-state index contributed by atoms with van der Waals surface area (Å²) in [5.41, 5.74) is 3.74. The Morgan fingerprint density at radius 1 is 1.14 bits per heavy atom. The molecular formula is C23H21N3O3. The van der Waals surface area contributed by atoms with Crippen LogP contribution in [0.5, 0.6) is 0 Å². The van der Waals surface area contributed by atoms with Gasteiger partial charge >= 0.3 is 0 Å². The number of aryl methyl sites for hydroxylation is 1. The molecule has 0 saturated carbocycles. The van der Waals surface area contributed by atoms with Gasteiger partial charge in [-0.25, -0.2) is 0 Å². The second-order valence-electron chi connectivity index (χ2n) is 7.14. The molecule has 0 fully saturated rings. The van der Waals surface area contributed by atoms with Crippen LogP contribution >= 0.6 is 0 Å². The highest BCUT2D eigenvalue weighted by Gasteiger charge is 2.19. The monoisotopic (exact) mass is 387 g/mol. The summed E-state index contributed by atoms with van der Waals surface area (Å²) in [4.78, 5) is 32.0. The van der Waals surface area contributed by atoms with Crippen LogP contribution in [0, 0.1) is 13.8 Å². The Labute approximate surface area is 167 Å². The maximum Gasteiger partial charge on any atom is 0.271 e. The fourth-order valence-corrected chi connectivity index (χ4v) is 3.51. The van der Waals surface area contributed by atoms with Crippen LogP contribution in [0.3, 0.4) is 0 Å². The van der Waals surface area contributed by atoms with Crippen LogP contribution in [0.15, 0.2) is 69.0 Å². The normalized spacial score (nSPS) is 12.1. The summed E-state index contributed by atoms with van der Waals surface area (Å²) in [7, 11) is 0. The van der Waals surface area contributed by atoms with E-state index in [1.54, 1.807) is 43.7 Å².